The molecule has 0 N–H and O–H groups in total. The number of cyclic esters (lactones) is 1. The zero-order valence-electron chi connectivity index (χ0n) is 10.2. The van der Waals surface area contributed by atoms with Gasteiger partial charge in [0.15, 0.2) is 5.13 Å². The molecule has 1 aliphatic rings. The van der Waals surface area contributed by atoms with Gasteiger partial charge in [0.2, 0.25) is 0 Å². The van der Waals surface area contributed by atoms with Gasteiger partial charge in [0, 0.05) is 15.4 Å². The fourth-order valence-corrected chi connectivity index (χ4v) is 3.26. The van der Waals surface area contributed by atoms with Crippen LogP contribution in [-0.4, -0.2) is 23.7 Å². The van der Waals surface area contributed by atoms with Gasteiger partial charge in [0.25, 0.3) is 0 Å². The van der Waals surface area contributed by atoms with Gasteiger partial charge in [-0.05, 0) is 19.1 Å². The van der Waals surface area contributed by atoms with Crippen LogP contribution in [0.4, 0.5) is 9.93 Å². The van der Waals surface area contributed by atoms with Crippen molar-refractivity contribution in [2.75, 3.05) is 11.5 Å². The lowest BCUT2D eigenvalue weighted by Crippen LogP contribution is -2.30. The molecule has 98 valence electrons. The van der Waals surface area contributed by atoms with Gasteiger partial charge in [-0.25, -0.2) is 14.7 Å². The average Bonchev–Trinajstić information content (AvgIpc) is 2.97. The van der Waals surface area contributed by atoms with Crippen molar-refractivity contribution in [2.45, 2.75) is 13.0 Å². The highest BCUT2D eigenvalue weighted by Gasteiger charge is 2.33. The fourth-order valence-electron chi connectivity index (χ4n) is 1.94. The van der Waals surface area contributed by atoms with E-state index >= 15 is 0 Å². The Hall–Kier alpha value is -1.40. The number of carbonyl (C=O) groups is 1. The molecule has 1 amide bonds. The molecule has 0 bridgehead atoms. The summed E-state index contributed by atoms with van der Waals surface area (Å²) >= 11 is 4.90. The smallest absolute Gasteiger partial charge is 0.416 e. The molecule has 3 rings (SSSR count). The largest absolute Gasteiger partial charge is 0.447 e. The summed E-state index contributed by atoms with van der Waals surface area (Å²) in [6, 6.07) is 7.97. The van der Waals surface area contributed by atoms with Gasteiger partial charge in [0.1, 0.15) is 6.61 Å². The first-order valence-electron chi connectivity index (χ1n) is 5.82. The average molecular weight is 339 g/mol. The monoisotopic (exact) mass is 338 g/mol. The number of aromatic nitrogens is 1. The van der Waals surface area contributed by atoms with E-state index in [-0.39, 0.29) is 12.1 Å². The summed E-state index contributed by atoms with van der Waals surface area (Å²) in [4.78, 5) is 17.8. The third-order valence-electron chi connectivity index (χ3n) is 2.90. The number of ether oxygens (including phenoxy) is 1. The minimum Gasteiger partial charge on any atom is -0.447 e. The van der Waals surface area contributed by atoms with E-state index in [1.165, 1.54) is 11.3 Å². The third kappa shape index (κ3) is 2.37. The van der Waals surface area contributed by atoms with Crippen molar-refractivity contribution >= 4 is 38.5 Å². The Labute approximate surface area is 123 Å². The molecule has 1 saturated heterocycles. The van der Waals surface area contributed by atoms with Gasteiger partial charge >= 0.3 is 6.09 Å². The molecule has 19 heavy (non-hydrogen) atoms. The van der Waals surface area contributed by atoms with Crippen LogP contribution in [0.1, 0.15) is 6.92 Å². The Bertz CT molecular complexity index is 629. The number of thiazole rings is 1. The highest BCUT2D eigenvalue weighted by Crippen LogP contribution is 2.31. The molecule has 0 spiro atoms. The molecule has 0 radical (unpaired) electrons. The lowest BCUT2D eigenvalue weighted by atomic mass is 10.2. The van der Waals surface area contributed by atoms with Gasteiger partial charge in [0.05, 0.1) is 11.7 Å². The summed E-state index contributed by atoms with van der Waals surface area (Å²) in [7, 11) is 0. The maximum absolute atomic E-state index is 11.6. The molecule has 1 aromatic carbocycles. The van der Waals surface area contributed by atoms with Crippen molar-refractivity contribution in [3.05, 3.63) is 34.1 Å². The van der Waals surface area contributed by atoms with Crippen molar-refractivity contribution in [1.29, 1.82) is 0 Å². The van der Waals surface area contributed by atoms with Crippen LogP contribution in [0.25, 0.3) is 11.3 Å². The SMILES string of the molecule is C[C@@H]1COC(=O)N1c1nc(-c2cccc(Br)c2)cs1. The second-order valence-electron chi connectivity index (χ2n) is 4.32. The van der Waals surface area contributed by atoms with Gasteiger partial charge in [-0.15, -0.1) is 11.3 Å². The highest BCUT2D eigenvalue weighted by molar-refractivity contribution is 9.10. The molecule has 2 heterocycles. The number of carbonyl (C=O) groups excluding carboxylic acids is 1. The van der Waals surface area contributed by atoms with Crippen LogP contribution in [0, 0.1) is 0 Å². The zero-order chi connectivity index (χ0) is 13.4. The topological polar surface area (TPSA) is 42.4 Å². The third-order valence-corrected chi connectivity index (χ3v) is 4.24. The van der Waals surface area contributed by atoms with Crippen LogP contribution in [0.2, 0.25) is 0 Å². The number of anilines is 1. The maximum atomic E-state index is 11.6. The van der Waals surface area contributed by atoms with Crippen LogP contribution in [-0.2, 0) is 4.74 Å². The Morgan fingerprint density at radius 3 is 3.05 bits per heavy atom. The van der Waals surface area contributed by atoms with Crippen LogP contribution < -0.4 is 4.90 Å². The number of halogens is 1. The van der Waals surface area contributed by atoms with Crippen molar-refractivity contribution < 1.29 is 9.53 Å². The minimum absolute atomic E-state index is 0.0361. The van der Waals surface area contributed by atoms with Crippen molar-refractivity contribution in [3.8, 4) is 11.3 Å². The second-order valence-corrected chi connectivity index (χ2v) is 6.07. The Kier molecular flexibility index (Phi) is 3.28. The van der Waals surface area contributed by atoms with Gasteiger partial charge < -0.3 is 4.74 Å². The Morgan fingerprint density at radius 1 is 1.53 bits per heavy atom. The number of hydrogen-bond donors (Lipinski definition) is 0. The number of nitrogens with zero attached hydrogens (tertiary/aromatic N) is 2. The number of amides is 1. The first kappa shape index (κ1) is 12.6. The predicted molar refractivity (Wildman–Crippen MR) is 78.5 cm³/mol. The summed E-state index contributed by atoms with van der Waals surface area (Å²) in [6.45, 7) is 2.37. The molecular formula is C13H11BrN2O2S. The van der Waals surface area contributed by atoms with E-state index in [9.17, 15) is 4.79 Å². The molecule has 2 aromatic rings. The van der Waals surface area contributed by atoms with E-state index in [4.69, 9.17) is 4.74 Å². The highest BCUT2D eigenvalue weighted by atomic mass is 79.9. The number of hydrogen-bond acceptors (Lipinski definition) is 4. The molecule has 1 aromatic heterocycles. The molecule has 1 aliphatic heterocycles. The van der Waals surface area contributed by atoms with E-state index in [1.807, 2.05) is 36.6 Å². The van der Waals surface area contributed by atoms with Gasteiger partial charge in [-0.1, -0.05) is 28.1 Å². The molecule has 4 nitrogen and oxygen atoms in total. The molecule has 0 unspecified atom stereocenters. The first-order valence-corrected chi connectivity index (χ1v) is 7.50. The summed E-state index contributed by atoms with van der Waals surface area (Å²) in [5.41, 5.74) is 1.89. The lowest BCUT2D eigenvalue weighted by molar-refractivity contribution is 0.179. The van der Waals surface area contributed by atoms with Crippen LogP contribution in [0.15, 0.2) is 34.1 Å². The van der Waals surface area contributed by atoms with E-state index in [2.05, 4.69) is 20.9 Å². The lowest BCUT2D eigenvalue weighted by Gasteiger charge is -2.13. The maximum Gasteiger partial charge on any atom is 0.416 e. The van der Waals surface area contributed by atoms with Crippen LogP contribution in [0.5, 0.6) is 0 Å². The summed E-state index contributed by atoms with van der Waals surface area (Å²) < 4.78 is 6.02. The fraction of sp³-hybridized carbons (Fsp3) is 0.231. The van der Waals surface area contributed by atoms with Gasteiger partial charge in [-0.3, -0.25) is 0 Å². The van der Waals surface area contributed by atoms with E-state index in [1.54, 1.807) is 4.90 Å². The van der Waals surface area contributed by atoms with E-state index in [0.29, 0.717) is 11.7 Å². The number of benzene rings is 1. The summed E-state index contributed by atoms with van der Waals surface area (Å²) in [6.07, 6.45) is -0.317. The first-order chi connectivity index (χ1) is 9.15. The van der Waals surface area contributed by atoms with Crippen LogP contribution in [0.3, 0.4) is 0 Å². The minimum atomic E-state index is -0.317. The summed E-state index contributed by atoms with van der Waals surface area (Å²) in [5, 5.41) is 2.64. The zero-order valence-corrected chi connectivity index (χ0v) is 12.6. The molecule has 0 saturated carbocycles. The summed E-state index contributed by atoms with van der Waals surface area (Å²) in [5.74, 6) is 0. The standard InChI is InChI=1S/C13H11BrN2O2S/c1-8-6-18-13(17)16(8)12-15-11(7-19-12)9-3-2-4-10(14)5-9/h2-5,7-8H,6H2,1H3/t8-/m1/s1. The Morgan fingerprint density at radius 2 is 2.37 bits per heavy atom. The van der Waals surface area contributed by atoms with Crippen molar-refractivity contribution in [3.63, 3.8) is 0 Å². The normalized spacial score (nSPS) is 18.7. The molecule has 1 fully saturated rings. The quantitative estimate of drug-likeness (QED) is 0.833. The predicted octanol–water partition coefficient (Wildman–Crippen LogP) is 3.92. The van der Waals surface area contributed by atoms with Gasteiger partial charge in [-0.2, -0.15) is 0 Å². The van der Waals surface area contributed by atoms with Crippen molar-refractivity contribution in [1.82, 2.24) is 4.98 Å². The Balaban J connectivity index is 1.93. The molecule has 1 atom stereocenters. The number of rotatable bonds is 2. The van der Waals surface area contributed by atoms with E-state index in [0.717, 1.165) is 15.7 Å². The van der Waals surface area contributed by atoms with Crippen molar-refractivity contribution in [2.24, 2.45) is 0 Å². The van der Waals surface area contributed by atoms with E-state index < -0.39 is 0 Å². The second kappa shape index (κ2) is 4.94. The van der Waals surface area contributed by atoms with Crippen LogP contribution >= 0.6 is 27.3 Å². The molecular weight excluding hydrogens is 328 g/mol. The molecule has 0 aliphatic carbocycles. The molecule has 6 heteroatoms.